The van der Waals surface area contributed by atoms with Crippen LogP contribution >= 0.6 is 11.6 Å². The van der Waals surface area contributed by atoms with Gasteiger partial charge in [0.15, 0.2) is 0 Å². The maximum atomic E-state index is 11.8. The lowest BCUT2D eigenvalue weighted by Gasteiger charge is -2.25. The molecule has 114 valence electrons. The maximum absolute atomic E-state index is 11.8. The number of halogens is 1. The van der Waals surface area contributed by atoms with Crippen LogP contribution in [-0.2, 0) is 4.74 Å². The van der Waals surface area contributed by atoms with Gasteiger partial charge in [0.2, 0.25) is 0 Å². The number of hydrogen-bond acceptors (Lipinski definition) is 3. The lowest BCUT2D eigenvalue weighted by molar-refractivity contribution is 0.0296. The van der Waals surface area contributed by atoms with Crippen molar-refractivity contribution in [1.82, 2.24) is 4.90 Å². The Morgan fingerprint density at radius 3 is 2.43 bits per heavy atom. The van der Waals surface area contributed by atoms with Crippen LogP contribution in [0.1, 0.15) is 38.7 Å². The fourth-order valence-corrected chi connectivity index (χ4v) is 1.88. The third kappa shape index (κ3) is 6.05. The van der Waals surface area contributed by atoms with Crippen molar-refractivity contribution in [2.75, 3.05) is 13.6 Å². The topological polar surface area (TPSA) is 53.3 Å². The highest BCUT2D eigenvalue weighted by Gasteiger charge is 2.20. The lowest BCUT2D eigenvalue weighted by atomic mass is 9.97. The van der Waals surface area contributed by atoms with Gasteiger partial charge in [-0.25, -0.2) is 4.79 Å². The zero-order chi connectivity index (χ0) is 16.0. The Labute approximate surface area is 131 Å². The van der Waals surface area contributed by atoms with Crippen LogP contribution in [0.15, 0.2) is 24.3 Å². The van der Waals surface area contributed by atoms with Crippen molar-refractivity contribution in [3.63, 3.8) is 0 Å². The van der Waals surface area contributed by atoms with Crippen LogP contribution in [0.25, 0.3) is 0 Å². The standard InChI is InChI=1S/C16H21ClN2O2/c1-16(2,3)21-15(20)19(4)10-9-13(11-18)12-5-7-14(17)8-6-12/h5-8,13H,9-10H2,1-4H3. The molecule has 0 radical (unpaired) electrons. The lowest BCUT2D eigenvalue weighted by Crippen LogP contribution is -2.35. The maximum Gasteiger partial charge on any atom is 0.410 e. The molecular formula is C16H21ClN2O2. The summed E-state index contributed by atoms with van der Waals surface area (Å²) in [6.45, 7) is 5.93. The Morgan fingerprint density at radius 1 is 1.38 bits per heavy atom. The largest absolute Gasteiger partial charge is 0.444 e. The van der Waals surface area contributed by atoms with Gasteiger partial charge in [0.05, 0.1) is 12.0 Å². The van der Waals surface area contributed by atoms with Gasteiger partial charge >= 0.3 is 6.09 Å². The summed E-state index contributed by atoms with van der Waals surface area (Å²) in [5.41, 5.74) is 0.385. The molecule has 1 rings (SSSR count). The zero-order valence-corrected chi connectivity index (χ0v) is 13.6. The van der Waals surface area contributed by atoms with Gasteiger partial charge in [-0.1, -0.05) is 23.7 Å². The highest BCUT2D eigenvalue weighted by atomic mass is 35.5. The van der Waals surface area contributed by atoms with Crippen LogP contribution in [0.5, 0.6) is 0 Å². The summed E-state index contributed by atoms with van der Waals surface area (Å²) in [6, 6.07) is 9.46. The Balaban J connectivity index is 2.58. The molecule has 0 aliphatic heterocycles. The average Bonchev–Trinajstić information content (AvgIpc) is 2.39. The van der Waals surface area contributed by atoms with Gasteiger partial charge in [-0.2, -0.15) is 5.26 Å². The van der Waals surface area contributed by atoms with Gasteiger partial charge in [0.1, 0.15) is 5.60 Å². The van der Waals surface area contributed by atoms with E-state index in [1.54, 1.807) is 19.2 Å². The highest BCUT2D eigenvalue weighted by Crippen LogP contribution is 2.21. The smallest absolute Gasteiger partial charge is 0.410 e. The van der Waals surface area contributed by atoms with Crippen molar-refractivity contribution in [1.29, 1.82) is 5.26 Å². The molecule has 21 heavy (non-hydrogen) atoms. The molecule has 0 N–H and O–H groups in total. The second kappa shape index (κ2) is 7.33. The van der Waals surface area contributed by atoms with Gasteiger partial charge in [0, 0.05) is 18.6 Å². The van der Waals surface area contributed by atoms with Crippen LogP contribution < -0.4 is 0 Å². The SMILES string of the molecule is CN(CCC(C#N)c1ccc(Cl)cc1)C(=O)OC(C)(C)C. The number of benzene rings is 1. The van der Waals surface area contributed by atoms with E-state index in [9.17, 15) is 10.1 Å². The molecule has 0 spiro atoms. The Bertz CT molecular complexity index is 515. The number of carbonyl (C=O) groups excluding carboxylic acids is 1. The van der Waals surface area contributed by atoms with Crippen LogP contribution in [-0.4, -0.2) is 30.2 Å². The van der Waals surface area contributed by atoms with E-state index < -0.39 is 5.60 Å². The first-order valence-electron chi connectivity index (χ1n) is 6.82. The number of nitriles is 1. The number of nitrogens with zero attached hydrogens (tertiary/aromatic N) is 2. The van der Waals surface area contributed by atoms with Crippen molar-refractivity contribution in [2.45, 2.75) is 38.7 Å². The number of amides is 1. The van der Waals surface area contributed by atoms with Crippen molar-refractivity contribution in [2.24, 2.45) is 0 Å². The summed E-state index contributed by atoms with van der Waals surface area (Å²) in [4.78, 5) is 13.3. The fourth-order valence-electron chi connectivity index (χ4n) is 1.75. The summed E-state index contributed by atoms with van der Waals surface area (Å²) in [5.74, 6) is -0.271. The normalized spacial score (nSPS) is 12.4. The Kier molecular flexibility index (Phi) is 6.04. The molecule has 0 bridgehead atoms. The minimum Gasteiger partial charge on any atom is -0.444 e. The molecule has 0 aliphatic rings. The number of ether oxygens (including phenoxy) is 1. The summed E-state index contributed by atoms with van der Waals surface area (Å²) < 4.78 is 5.27. The molecule has 1 atom stereocenters. The first-order chi connectivity index (χ1) is 9.73. The quantitative estimate of drug-likeness (QED) is 0.837. The zero-order valence-electron chi connectivity index (χ0n) is 12.9. The molecule has 0 heterocycles. The fraction of sp³-hybridized carbons (Fsp3) is 0.500. The van der Waals surface area contributed by atoms with Gasteiger partial charge in [-0.05, 0) is 44.9 Å². The van der Waals surface area contributed by atoms with E-state index in [1.807, 2.05) is 32.9 Å². The summed E-state index contributed by atoms with van der Waals surface area (Å²) in [7, 11) is 1.67. The molecule has 0 fully saturated rings. The van der Waals surface area contributed by atoms with Crippen LogP contribution in [0.2, 0.25) is 5.02 Å². The molecule has 0 aromatic heterocycles. The third-order valence-corrected chi connectivity index (χ3v) is 3.14. The van der Waals surface area contributed by atoms with Crippen molar-refractivity contribution in [3.8, 4) is 6.07 Å². The molecular weight excluding hydrogens is 288 g/mol. The number of hydrogen-bond donors (Lipinski definition) is 0. The molecule has 1 aromatic carbocycles. The highest BCUT2D eigenvalue weighted by molar-refractivity contribution is 6.30. The molecule has 1 amide bonds. The molecule has 1 aromatic rings. The van der Waals surface area contributed by atoms with E-state index >= 15 is 0 Å². The number of carbonyl (C=O) groups is 1. The predicted octanol–water partition coefficient (Wildman–Crippen LogP) is 4.20. The molecule has 0 saturated carbocycles. The minimum absolute atomic E-state index is 0.271. The third-order valence-electron chi connectivity index (χ3n) is 2.89. The monoisotopic (exact) mass is 308 g/mol. The van der Waals surface area contributed by atoms with Crippen molar-refractivity contribution in [3.05, 3.63) is 34.9 Å². The van der Waals surface area contributed by atoms with E-state index in [2.05, 4.69) is 6.07 Å². The van der Waals surface area contributed by atoms with E-state index in [0.717, 1.165) is 5.56 Å². The summed E-state index contributed by atoms with van der Waals surface area (Å²) >= 11 is 5.84. The van der Waals surface area contributed by atoms with Crippen molar-refractivity contribution < 1.29 is 9.53 Å². The van der Waals surface area contributed by atoms with E-state index in [1.165, 1.54) is 4.90 Å². The minimum atomic E-state index is -0.518. The molecule has 1 unspecified atom stereocenters. The van der Waals surface area contributed by atoms with Crippen LogP contribution in [0.4, 0.5) is 4.79 Å². The first kappa shape index (κ1) is 17.3. The van der Waals surface area contributed by atoms with E-state index in [0.29, 0.717) is 18.0 Å². The Morgan fingerprint density at radius 2 is 1.95 bits per heavy atom. The first-order valence-corrected chi connectivity index (χ1v) is 7.20. The summed E-state index contributed by atoms with van der Waals surface area (Å²) in [5, 5.41) is 9.91. The molecule has 4 nitrogen and oxygen atoms in total. The van der Waals surface area contributed by atoms with Crippen LogP contribution in [0.3, 0.4) is 0 Å². The average molecular weight is 309 g/mol. The molecule has 0 aliphatic carbocycles. The van der Waals surface area contributed by atoms with E-state index in [-0.39, 0.29) is 12.0 Å². The van der Waals surface area contributed by atoms with Crippen LogP contribution in [0, 0.1) is 11.3 Å². The Hall–Kier alpha value is -1.73. The molecule has 5 heteroatoms. The summed E-state index contributed by atoms with van der Waals surface area (Å²) in [6.07, 6.45) is 0.170. The predicted molar refractivity (Wildman–Crippen MR) is 83.3 cm³/mol. The van der Waals surface area contributed by atoms with E-state index in [4.69, 9.17) is 16.3 Å². The van der Waals surface area contributed by atoms with Crippen molar-refractivity contribution >= 4 is 17.7 Å². The van der Waals surface area contributed by atoms with Gasteiger partial charge in [-0.15, -0.1) is 0 Å². The van der Waals surface area contributed by atoms with Gasteiger partial charge in [0.25, 0.3) is 0 Å². The molecule has 0 saturated heterocycles. The van der Waals surface area contributed by atoms with Gasteiger partial charge < -0.3 is 9.64 Å². The second-order valence-corrected chi connectivity index (χ2v) is 6.36. The van der Waals surface area contributed by atoms with Gasteiger partial charge in [-0.3, -0.25) is 0 Å². The second-order valence-electron chi connectivity index (χ2n) is 5.92. The number of rotatable bonds is 4.